The zero-order chi connectivity index (χ0) is 22.3. The molecule has 4 aromatic rings. The molecule has 7 nitrogen and oxygen atoms in total. The molecule has 4 N–H and O–H groups in total. The smallest absolute Gasteiger partial charge is 0.407 e. The summed E-state index contributed by atoms with van der Waals surface area (Å²) in [4.78, 5) is 28.3. The van der Waals surface area contributed by atoms with E-state index in [-0.39, 0.29) is 19.1 Å². The third-order valence-electron chi connectivity index (χ3n) is 4.94. The fraction of sp³-hybridized carbons (Fsp3) is 0.0800. The van der Waals surface area contributed by atoms with E-state index >= 15 is 0 Å². The summed E-state index contributed by atoms with van der Waals surface area (Å²) >= 11 is 0. The van der Waals surface area contributed by atoms with Crippen molar-refractivity contribution in [1.82, 2.24) is 10.3 Å². The van der Waals surface area contributed by atoms with E-state index in [0.717, 1.165) is 21.9 Å². The van der Waals surface area contributed by atoms with Crippen LogP contribution in [0.5, 0.6) is 0 Å². The average Bonchev–Trinajstić information content (AvgIpc) is 2.83. The maximum Gasteiger partial charge on any atom is 0.407 e. The minimum Gasteiger partial charge on any atom is -0.445 e. The number of rotatable bonds is 6. The molecule has 1 heterocycles. The van der Waals surface area contributed by atoms with Crippen LogP contribution >= 0.6 is 0 Å². The number of aromatic nitrogens is 1. The van der Waals surface area contributed by atoms with Crippen molar-refractivity contribution < 1.29 is 14.3 Å². The second kappa shape index (κ2) is 9.61. The number of benzene rings is 3. The lowest BCUT2D eigenvalue weighted by Crippen LogP contribution is -2.23. The van der Waals surface area contributed by atoms with Crippen LogP contribution in [0.4, 0.5) is 16.2 Å². The maximum atomic E-state index is 12.4. The second-order valence-corrected chi connectivity index (χ2v) is 7.23. The SMILES string of the molecule is Nc1cnccc1NC(=O)c1ccc(CNC(=O)OCc2ccc3ccccc3c2)cc1. The molecule has 0 aliphatic carbocycles. The van der Waals surface area contributed by atoms with E-state index in [1.54, 1.807) is 36.5 Å². The van der Waals surface area contributed by atoms with Crippen LogP contribution < -0.4 is 16.4 Å². The van der Waals surface area contributed by atoms with Crippen LogP contribution in [0.2, 0.25) is 0 Å². The topological polar surface area (TPSA) is 106 Å². The standard InChI is InChI=1S/C25H22N4O3/c26-22-15-27-12-11-23(22)29-24(30)20-9-5-17(6-10-20)14-28-25(31)32-16-18-7-8-19-3-1-2-4-21(19)13-18/h1-13,15H,14,16,26H2,(H,28,31)(H,27,29,30). The van der Waals surface area contributed by atoms with Crippen LogP contribution in [0.1, 0.15) is 21.5 Å². The molecule has 0 aliphatic rings. The molecule has 0 bridgehead atoms. The van der Waals surface area contributed by atoms with Gasteiger partial charge in [0.2, 0.25) is 0 Å². The molecule has 32 heavy (non-hydrogen) atoms. The highest BCUT2D eigenvalue weighted by molar-refractivity contribution is 6.05. The van der Waals surface area contributed by atoms with E-state index < -0.39 is 6.09 Å². The summed E-state index contributed by atoms with van der Waals surface area (Å²) in [7, 11) is 0. The van der Waals surface area contributed by atoms with Crippen LogP contribution in [0.25, 0.3) is 10.8 Å². The van der Waals surface area contributed by atoms with E-state index in [1.807, 2.05) is 42.5 Å². The molecular formula is C25H22N4O3. The highest BCUT2D eigenvalue weighted by atomic mass is 16.5. The Balaban J connectivity index is 1.26. The molecule has 0 radical (unpaired) electrons. The Kier molecular flexibility index (Phi) is 6.27. The Morgan fingerprint density at radius 3 is 2.44 bits per heavy atom. The fourth-order valence-corrected chi connectivity index (χ4v) is 3.19. The first-order valence-electron chi connectivity index (χ1n) is 10.1. The monoisotopic (exact) mass is 426 g/mol. The molecule has 7 heteroatoms. The highest BCUT2D eigenvalue weighted by Gasteiger charge is 2.09. The summed E-state index contributed by atoms with van der Waals surface area (Å²) in [6.07, 6.45) is 2.52. The number of carbonyl (C=O) groups excluding carboxylic acids is 2. The van der Waals surface area contributed by atoms with E-state index in [1.165, 1.54) is 6.20 Å². The molecule has 0 atom stereocenters. The van der Waals surface area contributed by atoms with Gasteiger partial charge in [-0.2, -0.15) is 0 Å². The number of nitrogen functional groups attached to an aromatic ring is 1. The fourth-order valence-electron chi connectivity index (χ4n) is 3.19. The lowest BCUT2D eigenvalue weighted by atomic mass is 10.1. The van der Waals surface area contributed by atoms with Gasteiger partial charge in [-0.1, -0.05) is 48.5 Å². The molecule has 0 fully saturated rings. The predicted molar refractivity (Wildman–Crippen MR) is 124 cm³/mol. The van der Waals surface area contributed by atoms with Gasteiger partial charge in [-0.05, 0) is 46.2 Å². The van der Waals surface area contributed by atoms with Gasteiger partial charge in [-0.25, -0.2) is 4.79 Å². The van der Waals surface area contributed by atoms with E-state index in [2.05, 4.69) is 15.6 Å². The minimum absolute atomic E-state index is 0.188. The number of alkyl carbamates (subject to hydrolysis) is 1. The van der Waals surface area contributed by atoms with Crippen LogP contribution in [-0.2, 0) is 17.9 Å². The molecule has 0 unspecified atom stereocenters. The van der Waals surface area contributed by atoms with Crippen molar-refractivity contribution in [3.05, 3.63) is 102 Å². The van der Waals surface area contributed by atoms with E-state index in [0.29, 0.717) is 16.9 Å². The number of nitrogens with two attached hydrogens (primary N) is 1. The maximum absolute atomic E-state index is 12.4. The van der Waals surface area contributed by atoms with Crippen molar-refractivity contribution in [3.63, 3.8) is 0 Å². The summed E-state index contributed by atoms with van der Waals surface area (Å²) in [5.74, 6) is -0.280. The van der Waals surface area contributed by atoms with Crippen molar-refractivity contribution in [3.8, 4) is 0 Å². The van der Waals surface area contributed by atoms with Crippen molar-refractivity contribution in [2.45, 2.75) is 13.2 Å². The summed E-state index contributed by atoms with van der Waals surface area (Å²) in [6, 6.07) is 22.5. The lowest BCUT2D eigenvalue weighted by Gasteiger charge is -2.09. The summed E-state index contributed by atoms with van der Waals surface area (Å²) < 4.78 is 5.31. The van der Waals surface area contributed by atoms with Gasteiger partial charge in [0.15, 0.2) is 0 Å². The molecule has 1 aromatic heterocycles. The highest BCUT2D eigenvalue weighted by Crippen LogP contribution is 2.17. The number of nitrogens with zero attached hydrogens (tertiary/aromatic N) is 1. The predicted octanol–water partition coefficient (Wildman–Crippen LogP) is 4.50. The molecule has 0 saturated carbocycles. The number of hydrogen-bond donors (Lipinski definition) is 3. The summed E-state index contributed by atoms with van der Waals surface area (Å²) in [5, 5.41) is 7.71. The number of nitrogens with one attached hydrogen (secondary N) is 2. The van der Waals surface area contributed by atoms with Crippen LogP contribution in [0, 0.1) is 0 Å². The first-order chi connectivity index (χ1) is 15.6. The Bertz CT molecular complexity index is 1260. The number of ether oxygens (including phenoxy) is 1. The number of anilines is 2. The Morgan fingerprint density at radius 2 is 1.66 bits per heavy atom. The third kappa shape index (κ3) is 5.20. The van der Waals surface area contributed by atoms with Gasteiger partial charge in [0.05, 0.1) is 17.6 Å². The van der Waals surface area contributed by atoms with Gasteiger partial charge >= 0.3 is 6.09 Å². The first kappa shape index (κ1) is 20.9. The van der Waals surface area contributed by atoms with Gasteiger partial charge in [-0.3, -0.25) is 9.78 Å². The van der Waals surface area contributed by atoms with Gasteiger partial charge in [0.25, 0.3) is 5.91 Å². The quantitative estimate of drug-likeness (QED) is 0.421. The van der Waals surface area contributed by atoms with Gasteiger partial charge in [-0.15, -0.1) is 0 Å². The molecule has 0 aliphatic heterocycles. The Hall–Kier alpha value is -4.39. The molecule has 2 amide bonds. The minimum atomic E-state index is -0.506. The Morgan fingerprint density at radius 1 is 0.906 bits per heavy atom. The zero-order valence-corrected chi connectivity index (χ0v) is 17.2. The van der Waals surface area contributed by atoms with Crippen LogP contribution in [0.3, 0.4) is 0 Å². The molecule has 0 saturated heterocycles. The van der Waals surface area contributed by atoms with Crippen molar-refractivity contribution in [2.75, 3.05) is 11.1 Å². The molecule has 0 spiro atoms. The number of amides is 2. The van der Waals surface area contributed by atoms with E-state index in [4.69, 9.17) is 10.5 Å². The third-order valence-corrected chi connectivity index (χ3v) is 4.94. The normalized spacial score (nSPS) is 10.5. The van der Waals surface area contributed by atoms with Crippen molar-refractivity contribution >= 4 is 34.1 Å². The molecular weight excluding hydrogens is 404 g/mol. The number of fused-ring (bicyclic) bond motifs is 1. The van der Waals surface area contributed by atoms with Crippen LogP contribution in [0.15, 0.2) is 85.2 Å². The molecule has 4 rings (SSSR count). The first-order valence-corrected chi connectivity index (χ1v) is 10.1. The Labute approximate surface area is 185 Å². The number of hydrogen-bond acceptors (Lipinski definition) is 5. The molecule has 3 aromatic carbocycles. The lowest BCUT2D eigenvalue weighted by molar-refractivity contribution is 0.102. The summed E-state index contributed by atoms with van der Waals surface area (Å²) in [6.45, 7) is 0.476. The number of pyridine rings is 1. The number of carbonyl (C=O) groups is 2. The van der Waals surface area contributed by atoms with Gasteiger partial charge in [0, 0.05) is 18.3 Å². The van der Waals surface area contributed by atoms with Crippen molar-refractivity contribution in [1.29, 1.82) is 0 Å². The summed E-state index contributed by atoms with van der Waals surface area (Å²) in [5.41, 5.74) is 8.93. The second-order valence-electron chi connectivity index (χ2n) is 7.23. The van der Waals surface area contributed by atoms with Crippen molar-refractivity contribution in [2.24, 2.45) is 0 Å². The molecule has 160 valence electrons. The largest absolute Gasteiger partial charge is 0.445 e. The van der Waals surface area contributed by atoms with Crippen LogP contribution in [-0.4, -0.2) is 17.0 Å². The van der Waals surface area contributed by atoms with Gasteiger partial charge < -0.3 is 21.1 Å². The zero-order valence-electron chi connectivity index (χ0n) is 17.2. The van der Waals surface area contributed by atoms with Gasteiger partial charge in [0.1, 0.15) is 6.61 Å². The van der Waals surface area contributed by atoms with E-state index in [9.17, 15) is 9.59 Å². The average molecular weight is 426 g/mol.